The normalized spacial score (nSPS) is 9.62. The van der Waals surface area contributed by atoms with Crippen molar-refractivity contribution < 1.29 is 14.3 Å². The average molecular weight is 244 g/mol. The molecule has 1 aromatic rings. The van der Waals surface area contributed by atoms with Gasteiger partial charge in [-0.1, -0.05) is 11.6 Å². The SMILES string of the molecule is CC(=O)OCC(=O)NCc1nccnc1Cl. The van der Waals surface area contributed by atoms with Gasteiger partial charge in [0.25, 0.3) is 5.91 Å². The summed E-state index contributed by atoms with van der Waals surface area (Å²) in [5, 5.41) is 2.72. The quantitative estimate of drug-likeness (QED) is 0.770. The van der Waals surface area contributed by atoms with Gasteiger partial charge in [-0.25, -0.2) is 4.98 Å². The summed E-state index contributed by atoms with van der Waals surface area (Å²) in [7, 11) is 0. The maximum absolute atomic E-state index is 11.2. The fraction of sp³-hybridized carbons (Fsp3) is 0.333. The molecule has 1 amide bonds. The van der Waals surface area contributed by atoms with E-state index in [1.54, 1.807) is 0 Å². The van der Waals surface area contributed by atoms with Crippen molar-refractivity contribution in [3.05, 3.63) is 23.2 Å². The van der Waals surface area contributed by atoms with Gasteiger partial charge in [0, 0.05) is 19.3 Å². The van der Waals surface area contributed by atoms with E-state index in [-0.39, 0.29) is 18.3 Å². The molecule has 0 aliphatic carbocycles. The van der Waals surface area contributed by atoms with Crippen molar-refractivity contribution in [1.29, 1.82) is 0 Å². The number of nitrogens with one attached hydrogen (secondary N) is 1. The van der Waals surface area contributed by atoms with Crippen LogP contribution in [0.3, 0.4) is 0 Å². The molecule has 0 aromatic carbocycles. The first kappa shape index (κ1) is 12.4. The molecule has 0 bridgehead atoms. The molecular formula is C9H10ClN3O3. The van der Waals surface area contributed by atoms with Gasteiger partial charge in [-0.2, -0.15) is 0 Å². The molecule has 16 heavy (non-hydrogen) atoms. The molecule has 0 atom stereocenters. The van der Waals surface area contributed by atoms with E-state index in [4.69, 9.17) is 11.6 Å². The van der Waals surface area contributed by atoms with E-state index in [9.17, 15) is 9.59 Å². The lowest BCUT2D eigenvalue weighted by molar-refractivity contribution is -0.146. The zero-order chi connectivity index (χ0) is 12.0. The minimum atomic E-state index is -0.507. The second kappa shape index (κ2) is 6.02. The molecule has 86 valence electrons. The molecule has 1 rings (SSSR count). The summed E-state index contributed by atoms with van der Waals surface area (Å²) in [5.74, 6) is -0.926. The third-order valence-corrected chi connectivity index (χ3v) is 1.90. The first-order chi connectivity index (χ1) is 7.59. The molecule has 1 aromatic heterocycles. The van der Waals surface area contributed by atoms with Crippen LogP contribution >= 0.6 is 11.6 Å². The van der Waals surface area contributed by atoms with Crippen LogP contribution in [0.2, 0.25) is 5.15 Å². The Morgan fingerprint density at radius 2 is 2.12 bits per heavy atom. The lowest BCUT2D eigenvalue weighted by Gasteiger charge is -2.05. The zero-order valence-electron chi connectivity index (χ0n) is 8.57. The molecule has 0 unspecified atom stereocenters. The van der Waals surface area contributed by atoms with Crippen molar-refractivity contribution in [2.45, 2.75) is 13.5 Å². The number of nitrogens with zero attached hydrogens (tertiary/aromatic N) is 2. The van der Waals surface area contributed by atoms with E-state index in [0.29, 0.717) is 5.69 Å². The monoisotopic (exact) mass is 243 g/mol. The molecule has 1 heterocycles. The van der Waals surface area contributed by atoms with Crippen LogP contribution in [0.4, 0.5) is 0 Å². The molecular weight excluding hydrogens is 234 g/mol. The molecule has 0 saturated carbocycles. The van der Waals surface area contributed by atoms with Gasteiger partial charge < -0.3 is 10.1 Å². The van der Waals surface area contributed by atoms with Gasteiger partial charge >= 0.3 is 5.97 Å². The minimum Gasteiger partial charge on any atom is -0.456 e. The number of hydrogen-bond acceptors (Lipinski definition) is 5. The Balaban J connectivity index is 2.37. The summed E-state index contributed by atoms with van der Waals surface area (Å²) >= 11 is 5.72. The largest absolute Gasteiger partial charge is 0.456 e. The van der Waals surface area contributed by atoms with Crippen molar-refractivity contribution in [2.24, 2.45) is 0 Å². The molecule has 7 heteroatoms. The van der Waals surface area contributed by atoms with Crippen LogP contribution in [0.1, 0.15) is 12.6 Å². The number of amides is 1. The van der Waals surface area contributed by atoms with Crippen LogP contribution in [0, 0.1) is 0 Å². The molecule has 0 aliphatic heterocycles. The predicted molar refractivity (Wildman–Crippen MR) is 55.5 cm³/mol. The van der Waals surface area contributed by atoms with E-state index in [1.807, 2.05) is 0 Å². The van der Waals surface area contributed by atoms with Crippen LogP contribution in [-0.4, -0.2) is 28.5 Å². The van der Waals surface area contributed by atoms with Gasteiger partial charge in [-0.3, -0.25) is 14.6 Å². The molecule has 1 N–H and O–H groups in total. The number of hydrogen-bond donors (Lipinski definition) is 1. The maximum Gasteiger partial charge on any atom is 0.303 e. The van der Waals surface area contributed by atoms with Gasteiger partial charge in [0.1, 0.15) is 0 Å². The van der Waals surface area contributed by atoms with Crippen molar-refractivity contribution >= 4 is 23.5 Å². The summed E-state index contributed by atoms with van der Waals surface area (Å²) in [4.78, 5) is 29.3. The van der Waals surface area contributed by atoms with E-state index < -0.39 is 11.9 Å². The summed E-state index contributed by atoms with van der Waals surface area (Å²) in [6.45, 7) is 1.06. The van der Waals surface area contributed by atoms with Crippen molar-refractivity contribution in [3.63, 3.8) is 0 Å². The van der Waals surface area contributed by atoms with Gasteiger partial charge in [0.15, 0.2) is 11.8 Å². The topological polar surface area (TPSA) is 81.2 Å². The van der Waals surface area contributed by atoms with E-state index in [2.05, 4.69) is 20.0 Å². The second-order valence-corrected chi connectivity index (χ2v) is 3.21. The highest BCUT2D eigenvalue weighted by molar-refractivity contribution is 6.29. The Labute approximate surface area is 97.0 Å². The van der Waals surface area contributed by atoms with Crippen LogP contribution in [0.15, 0.2) is 12.4 Å². The van der Waals surface area contributed by atoms with Crippen molar-refractivity contribution in [3.8, 4) is 0 Å². The average Bonchev–Trinajstić information content (AvgIpc) is 2.25. The third kappa shape index (κ3) is 4.22. The van der Waals surface area contributed by atoms with Crippen molar-refractivity contribution in [2.75, 3.05) is 6.61 Å². The lowest BCUT2D eigenvalue weighted by atomic mass is 10.4. The fourth-order valence-corrected chi connectivity index (χ4v) is 1.04. The van der Waals surface area contributed by atoms with E-state index in [0.717, 1.165) is 0 Å². The van der Waals surface area contributed by atoms with Crippen LogP contribution in [-0.2, 0) is 20.9 Å². The smallest absolute Gasteiger partial charge is 0.303 e. The minimum absolute atomic E-state index is 0.146. The Hall–Kier alpha value is -1.69. The number of halogens is 1. The summed E-state index contributed by atoms with van der Waals surface area (Å²) in [6, 6.07) is 0. The van der Waals surface area contributed by atoms with Gasteiger partial charge in [0.05, 0.1) is 12.2 Å². The molecule has 0 saturated heterocycles. The fourth-order valence-electron chi connectivity index (χ4n) is 0.869. The zero-order valence-corrected chi connectivity index (χ0v) is 9.32. The Kier molecular flexibility index (Phi) is 4.65. The van der Waals surface area contributed by atoms with Gasteiger partial charge in [0.2, 0.25) is 0 Å². The molecule has 6 nitrogen and oxygen atoms in total. The molecule has 0 fully saturated rings. The first-order valence-corrected chi connectivity index (χ1v) is 4.83. The summed E-state index contributed by atoms with van der Waals surface area (Å²) in [5.41, 5.74) is 0.459. The number of carbonyl (C=O) groups is 2. The Bertz CT molecular complexity index is 397. The van der Waals surface area contributed by atoms with Crippen molar-refractivity contribution in [1.82, 2.24) is 15.3 Å². The van der Waals surface area contributed by atoms with Crippen LogP contribution < -0.4 is 5.32 Å². The number of rotatable bonds is 4. The third-order valence-electron chi connectivity index (χ3n) is 1.58. The molecule has 0 aliphatic rings. The Morgan fingerprint density at radius 1 is 1.44 bits per heavy atom. The standard InChI is InChI=1S/C9H10ClN3O3/c1-6(14)16-5-8(15)13-4-7-9(10)12-3-2-11-7/h2-3H,4-5H2,1H3,(H,13,15). The highest BCUT2D eigenvalue weighted by Crippen LogP contribution is 2.07. The maximum atomic E-state index is 11.2. The highest BCUT2D eigenvalue weighted by Gasteiger charge is 2.06. The summed E-state index contributed by atoms with van der Waals surface area (Å²) in [6.07, 6.45) is 2.92. The van der Waals surface area contributed by atoms with E-state index >= 15 is 0 Å². The second-order valence-electron chi connectivity index (χ2n) is 2.85. The highest BCUT2D eigenvalue weighted by atomic mass is 35.5. The van der Waals surface area contributed by atoms with E-state index in [1.165, 1.54) is 19.3 Å². The first-order valence-electron chi connectivity index (χ1n) is 4.45. The number of esters is 1. The Morgan fingerprint density at radius 3 is 2.75 bits per heavy atom. The lowest BCUT2D eigenvalue weighted by Crippen LogP contribution is -2.28. The van der Waals surface area contributed by atoms with Gasteiger partial charge in [-0.05, 0) is 0 Å². The number of carbonyl (C=O) groups excluding carboxylic acids is 2. The molecule has 0 radical (unpaired) electrons. The van der Waals surface area contributed by atoms with Gasteiger partial charge in [-0.15, -0.1) is 0 Å². The van der Waals surface area contributed by atoms with Crippen LogP contribution in [0.5, 0.6) is 0 Å². The predicted octanol–water partition coefficient (Wildman–Crippen LogP) is 0.309. The number of aromatic nitrogens is 2. The molecule has 0 spiro atoms. The summed E-state index contributed by atoms with van der Waals surface area (Å²) < 4.78 is 4.50. The van der Waals surface area contributed by atoms with Crippen LogP contribution in [0.25, 0.3) is 0 Å². The number of ether oxygens (including phenoxy) is 1.